The minimum atomic E-state index is -0.775. The van der Waals surface area contributed by atoms with Crippen LogP contribution in [0.2, 0.25) is 0 Å². The zero-order valence-corrected chi connectivity index (χ0v) is 17.7. The van der Waals surface area contributed by atoms with Gasteiger partial charge in [-0.25, -0.2) is 4.39 Å². The molecule has 1 aliphatic rings. The Labute approximate surface area is 185 Å². The first-order valence-electron chi connectivity index (χ1n) is 10.6. The molecule has 0 amide bonds. The van der Waals surface area contributed by atoms with Gasteiger partial charge in [0.15, 0.2) is 11.8 Å². The quantitative estimate of drug-likeness (QED) is 0.454. The number of likely N-dealkylation sites (tertiary alicyclic amines) is 1. The highest BCUT2D eigenvalue weighted by molar-refractivity contribution is 5.81. The lowest BCUT2D eigenvalue weighted by Gasteiger charge is -2.30. The summed E-state index contributed by atoms with van der Waals surface area (Å²) in [6.45, 7) is 2.96. The molecule has 1 atom stereocenters. The topological polar surface area (TPSA) is 105 Å². The molecule has 4 rings (SSSR count). The lowest BCUT2D eigenvalue weighted by molar-refractivity contribution is -0.143. The molecule has 1 unspecified atom stereocenters. The second kappa shape index (κ2) is 9.21. The van der Waals surface area contributed by atoms with Crippen LogP contribution in [0.1, 0.15) is 37.0 Å². The third-order valence-electron chi connectivity index (χ3n) is 5.92. The summed E-state index contributed by atoms with van der Waals surface area (Å²) in [5.74, 6) is -0.486. The van der Waals surface area contributed by atoms with Crippen LogP contribution in [0, 0.1) is 11.7 Å². The molecule has 3 N–H and O–H groups in total. The molecule has 3 aromatic rings. The summed E-state index contributed by atoms with van der Waals surface area (Å²) in [5.41, 5.74) is 8.22. The summed E-state index contributed by atoms with van der Waals surface area (Å²) in [6.07, 6.45) is 1.05. The molecule has 1 aromatic heterocycles. The molecule has 2 aromatic carbocycles. The van der Waals surface area contributed by atoms with Gasteiger partial charge in [0.1, 0.15) is 11.6 Å². The zero-order valence-electron chi connectivity index (χ0n) is 17.7. The minimum Gasteiger partial charge on any atom is -0.481 e. The molecule has 1 fully saturated rings. The van der Waals surface area contributed by atoms with Crippen molar-refractivity contribution in [2.45, 2.75) is 25.7 Å². The number of hydrogen-bond donors (Lipinski definition) is 2. The van der Waals surface area contributed by atoms with Gasteiger partial charge < -0.3 is 20.3 Å². The number of nitrogens with zero attached hydrogens (tertiary/aromatic N) is 3. The molecule has 0 spiro atoms. The van der Waals surface area contributed by atoms with E-state index in [0.717, 1.165) is 11.1 Å². The first-order valence-corrected chi connectivity index (χ1v) is 10.6. The fourth-order valence-electron chi connectivity index (χ4n) is 3.90. The Kier molecular flexibility index (Phi) is 6.20. The monoisotopic (exact) mass is 436 g/mol. The van der Waals surface area contributed by atoms with Crippen molar-refractivity contribution in [1.29, 1.82) is 0 Å². The van der Waals surface area contributed by atoms with Gasteiger partial charge in [-0.15, -0.1) is 0 Å². The molecular formula is C24H25FN4O3. The Bertz CT molecular complexity index is 1120. The normalized spacial score (nSPS) is 16.2. The number of aliphatic imine (C=N–C) groups is 1. The first kappa shape index (κ1) is 21.5. The first-order chi connectivity index (χ1) is 15.4. The number of aliphatic carboxylic acids is 1. The van der Waals surface area contributed by atoms with E-state index in [0.29, 0.717) is 43.1 Å². The minimum absolute atomic E-state index is 0.224. The zero-order chi connectivity index (χ0) is 22.7. The maximum atomic E-state index is 14.7. The van der Waals surface area contributed by atoms with E-state index in [2.05, 4.69) is 10.1 Å². The number of carboxylic acids is 1. The fraction of sp³-hybridized carbons (Fsp3) is 0.292. The molecule has 8 heteroatoms. The summed E-state index contributed by atoms with van der Waals surface area (Å²) < 4.78 is 20.2. The van der Waals surface area contributed by atoms with Crippen LogP contribution in [0.15, 0.2) is 64.1 Å². The number of carboxylic acid groups (broad SMARTS) is 1. The fourth-order valence-corrected chi connectivity index (χ4v) is 3.90. The van der Waals surface area contributed by atoms with E-state index in [1.54, 1.807) is 12.1 Å². The smallest absolute Gasteiger partial charge is 0.306 e. The summed E-state index contributed by atoms with van der Waals surface area (Å²) in [6, 6.07) is 16.2. The van der Waals surface area contributed by atoms with Gasteiger partial charge in [0.2, 0.25) is 0 Å². The van der Waals surface area contributed by atoms with E-state index in [4.69, 9.17) is 15.4 Å². The molecule has 0 saturated carbocycles. The molecule has 0 radical (unpaired) electrons. The van der Waals surface area contributed by atoms with Crippen LogP contribution in [0.4, 0.5) is 10.2 Å². The molecule has 32 heavy (non-hydrogen) atoms. The van der Waals surface area contributed by atoms with Gasteiger partial charge in [-0.05, 0) is 30.0 Å². The lowest BCUT2D eigenvalue weighted by Crippen LogP contribution is -2.43. The summed E-state index contributed by atoms with van der Waals surface area (Å²) in [7, 11) is 0. The van der Waals surface area contributed by atoms with Gasteiger partial charge in [0.25, 0.3) is 0 Å². The summed E-state index contributed by atoms with van der Waals surface area (Å²) in [5, 5.41) is 13.1. The Hall–Kier alpha value is -3.68. The number of nitrogens with two attached hydrogens (primary N) is 1. The number of benzene rings is 2. The molecule has 166 valence electrons. The highest BCUT2D eigenvalue weighted by Gasteiger charge is 2.25. The van der Waals surface area contributed by atoms with E-state index in [9.17, 15) is 9.18 Å². The maximum Gasteiger partial charge on any atom is 0.306 e. The third-order valence-corrected chi connectivity index (χ3v) is 5.92. The predicted octanol–water partition coefficient (Wildman–Crippen LogP) is 4.38. The summed E-state index contributed by atoms with van der Waals surface area (Å²) >= 11 is 0. The predicted molar refractivity (Wildman–Crippen MR) is 119 cm³/mol. The van der Waals surface area contributed by atoms with Crippen molar-refractivity contribution < 1.29 is 18.8 Å². The van der Waals surface area contributed by atoms with Gasteiger partial charge in [-0.3, -0.25) is 4.79 Å². The number of aromatic nitrogens is 1. The number of halogens is 1. The van der Waals surface area contributed by atoms with Crippen LogP contribution in [-0.4, -0.2) is 40.2 Å². The van der Waals surface area contributed by atoms with Crippen molar-refractivity contribution in [2.75, 3.05) is 13.1 Å². The highest BCUT2D eigenvalue weighted by Crippen LogP contribution is 2.31. The van der Waals surface area contributed by atoms with Gasteiger partial charge in [-0.1, -0.05) is 54.5 Å². The van der Waals surface area contributed by atoms with Crippen LogP contribution in [-0.2, 0) is 4.79 Å². The molecule has 7 nitrogen and oxygen atoms in total. The van der Waals surface area contributed by atoms with Crippen molar-refractivity contribution in [2.24, 2.45) is 16.6 Å². The largest absolute Gasteiger partial charge is 0.481 e. The third kappa shape index (κ3) is 4.64. The van der Waals surface area contributed by atoms with E-state index < -0.39 is 5.97 Å². The molecular weight excluding hydrogens is 411 g/mol. The van der Waals surface area contributed by atoms with E-state index in [1.165, 1.54) is 6.07 Å². The number of piperidine rings is 1. The van der Waals surface area contributed by atoms with Crippen LogP contribution in [0.25, 0.3) is 11.1 Å². The molecule has 1 saturated heterocycles. The number of carbonyl (C=O) groups is 1. The van der Waals surface area contributed by atoms with E-state index in [-0.39, 0.29) is 23.6 Å². The van der Waals surface area contributed by atoms with E-state index >= 15 is 0 Å². The van der Waals surface area contributed by atoms with Crippen molar-refractivity contribution in [1.82, 2.24) is 10.1 Å². The average Bonchev–Trinajstić information content (AvgIpc) is 3.27. The second-order valence-corrected chi connectivity index (χ2v) is 7.98. The molecule has 1 aliphatic heterocycles. The van der Waals surface area contributed by atoms with Crippen molar-refractivity contribution in [3.63, 3.8) is 0 Å². The lowest BCUT2D eigenvalue weighted by atomic mass is 9.95. The van der Waals surface area contributed by atoms with Crippen molar-refractivity contribution in [3.05, 3.63) is 71.7 Å². The van der Waals surface area contributed by atoms with Crippen LogP contribution < -0.4 is 5.73 Å². The van der Waals surface area contributed by atoms with Crippen molar-refractivity contribution >= 4 is 17.7 Å². The number of hydrogen-bond acceptors (Lipinski definition) is 4. The molecule has 0 aliphatic carbocycles. The van der Waals surface area contributed by atoms with Crippen LogP contribution in [0.5, 0.6) is 0 Å². The Morgan fingerprint density at radius 2 is 1.94 bits per heavy atom. The van der Waals surface area contributed by atoms with Crippen molar-refractivity contribution in [3.8, 4) is 11.1 Å². The number of rotatable bonds is 5. The molecule has 0 bridgehead atoms. The van der Waals surface area contributed by atoms with Gasteiger partial charge >= 0.3 is 5.97 Å². The second-order valence-electron chi connectivity index (χ2n) is 7.98. The van der Waals surface area contributed by atoms with Crippen LogP contribution in [0.3, 0.4) is 0 Å². The highest BCUT2D eigenvalue weighted by atomic mass is 19.1. The SMILES string of the molecule is CC(c1ccc(-c2ccccc2)c(F)c1)c1cc(N=C(N)N2CCC(C(=O)O)CC2)no1. The Balaban J connectivity index is 1.46. The van der Waals surface area contributed by atoms with Gasteiger partial charge in [0, 0.05) is 30.6 Å². The Morgan fingerprint density at radius 1 is 1.22 bits per heavy atom. The van der Waals surface area contributed by atoms with Gasteiger partial charge in [0.05, 0.1) is 5.92 Å². The molecule has 2 heterocycles. The number of guanidine groups is 1. The standard InChI is InChI=1S/C24H25FN4O3/c1-15(18-7-8-19(20(25)13-18)16-5-3-2-4-6-16)21-14-22(28-32-21)27-24(26)29-11-9-17(10-12-29)23(30)31/h2-8,13-15,17H,9-12H2,1H3,(H,30,31)(H2,26,27,28). The summed E-state index contributed by atoms with van der Waals surface area (Å²) in [4.78, 5) is 17.2. The average molecular weight is 436 g/mol. The Morgan fingerprint density at radius 3 is 2.59 bits per heavy atom. The van der Waals surface area contributed by atoms with Gasteiger partial charge in [-0.2, -0.15) is 4.99 Å². The van der Waals surface area contributed by atoms with Crippen LogP contribution >= 0.6 is 0 Å². The maximum absolute atomic E-state index is 14.7. The van der Waals surface area contributed by atoms with E-state index in [1.807, 2.05) is 48.2 Å².